The van der Waals surface area contributed by atoms with Crippen molar-refractivity contribution in [3.63, 3.8) is 0 Å². The van der Waals surface area contributed by atoms with Crippen LogP contribution in [0.5, 0.6) is 11.5 Å². The highest BCUT2D eigenvalue weighted by atomic mass is 16.5. The zero-order chi connectivity index (χ0) is 24.8. The molecule has 0 radical (unpaired) electrons. The second kappa shape index (κ2) is 11.3. The third kappa shape index (κ3) is 5.58. The van der Waals surface area contributed by atoms with Crippen molar-refractivity contribution >= 4 is 22.5 Å². The lowest BCUT2D eigenvalue weighted by molar-refractivity contribution is -0.130. The highest BCUT2D eigenvalue weighted by Crippen LogP contribution is 2.30. The third-order valence-corrected chi connectivity index (χ3v) is 6.64. The number of rotatable bonds is 9. The number of benzene rings is 2. The Morgan fingerprint density at radius 3 is 2.51 bits per heavy atom. The molecule has 1 aromatic heterocycles. The molecule has 8 heteroatoms. The summed E-state index contributed by atoms with van der Waals surface area (Å²) in [5.41, 5.74) is 2.79. The Labute approximate surface area is 206 Å². The molecule has 35 heavy (non-hydrogen) atoms. The Morgan fingerprint density at radius 1 is 1.06 bits per heavy atom. The molecule has 186 valence electrons. The zero-order valence-electron chi connectivity index (χ0n) is 20.8. The Hall–Kier alpha value is -3.55. The molecule has 2 heterocycles. The number of fused-ring (bicyclic) bond motifs is 1. The van der Waals surface area contributed by atoms with Crippen LogP contribution < -0.4 is 19.9 Å². The molecule has 0 aliphatic carbocycles. The lowest BCUT2D eigenvalue weighted by Gasteiger charge is -2.31. The van der Waals surface area contributed by atoms with Gasteiger partial charge in [0.05, 0.1) is 31.4 Å². The van der Waals surface area contributed by atoms with Crippen molar-refractivity contribution in [2.75, 3.05) is 39.3 Å². The van der Waals surface area contributed by atoms with Crippen LogP contribution in [0, 0.1) is 0 Å². The largest absolute Gasteiger partial charge is 0.493 e. The predicted molar refractivity (Wildman–Crippen MR) is 137 cm³/mol. The first-order valence-corrected chi connectivity index (χ1v) is 12.2. The molecule has 0 bridgehead atoms. The average molecular weight is 479 g/mol. The Kier molecular flexibility index (Phi) is 7.90. The van der Waals surface area contributed by atoms with Crippen molar-refractivity contribution in [1.82, 2.24) is 14.5 Å². The molecule has 1 aliphatic rings. The first-order chi connectivity index (χ1) is 17.0. The standard InChI is InChI=1S/C27H34N4O4/c1-29(18-20-10-5-6-11-23(20)30-13-7-4-8-14-30)26(32)12-9-15-31-19-28-22-17-25(35-3)24(34-2)16-21(22)27(31)33/h5-6,10-11,16-17,19H,4,7-9,12-15,18H2,1-3H3. The summed E-state index contributed by atoms with van der Waals surface area (Å²) >= 11 is 0. The van der Waals surface area contributed by atoms with E-state index in [0.717, 1.165) is 13.1 Å². The van der Waals surface area contributed by atoms with Crippen molar-refractivity contribution in [3.8, 4) is 11.5 Å². The van der Waals surface area contributed by atoms with Crippen LogP contribution in [0.2, 0.25) is 0 Å². The predicted octanol–water partition coefficient (Wildman–Crippen LogP) is 3.84. The maximum absolute atomic E-state index is 13.0. The molecule has 0 unspecified atom stereocenters. The van der Waals surface area contributed by atoms with E-state index in [4.69, 9.17) is 9.47 Å². The van der Waals surface area contributed by atoms with Gasteiger partial charge in [-0.25, -0.2) is 4.98 Å². The van der Waals surface area contributed by atoms with Crippen LogP contribution in [0.4, 0.5) is 5.69 Å². The van der Waals surface area contributed by atoms with Crippen molar-refractivity contribution in [3.05, 3.63) is 58.6 Å². The number of anilines is 1. The molecule has 0 atom stereocenters. The zero-order valence-corrected chi connectivity index (χ0v) is 20.8. The number of methoxy groups -OCH3 is 2. The minimum absolute atomic E-state index is 0.0617. The number of carbonyl (C=O) groups excluding carboxylic acids is 1. The number of para-hydroxylation sites is 1. The maximum atomic E-state index is 13.0. The highest BCUT2D eigenvalue weighted by Gasteiger charge is 2.17. The normalized spacial score (nSPS) is 13.6. The minimum Gasteiger partial charge on any atom is -0.493 e. The molecular weight excluding hydrogens is 444 g/mol. The molecule has 1 fully saturated rings. The molecule has 0 N–H and O–H groups in total. The van der Waals surface area contributed by atoms with Crippen molar-refractivity contribution in [2.45, 2.75) is 45.2 Å². The number of hydrogen-bond donors (Lipinski definition) is 0. The summed E-state index contributed by atoms with van der Waals surface area (Å²) in [5, 5.41) is 0.461. The van der Waals surface area contributed by atoms with Crippen LogP contribution in [0.3, 0.4) is 0 Å². The van der Waals surface area contributed by atoms with Gasteiger partial charge < -0.3 is 19.3 Å². The molecule has 2 aromatic carbocycles. The number of carbonyl (C=O) groups is 1. The van der Waals surface area contributed by atoms with E-state index in [0.29, 0.717) is 48.3 Å². The molecule has 8 nitrogen and oxygen atoms in total. The van der Waals surface area contributed by atoms with E-state index in [1.165, 1.54) is 44.0 Å². The molecule has 1 aliphatic heterocycles. The lowest BCUT2D eigenvalue weighted by Crippen LogP contribution is -2.32. The van der Waals surface area contributed by atoms with Gasteiger partial charge in [0.25, 0.3) is 5.56 Å². The van der Waals surface area contributed by atoms with Gasteiger partial charge in [0.15, 0.2) is 11.5 Å². The van der Waals surface area contributed by atoms with Gasteiger partial charge in [-0.05, 0) is 43.4 Å². The number of amides is 1. The van der Waals surface area contributed by atoms with Gasteiger partial charge in [-0.15, -0.1) is 0 Å². The van der Waals surface area contributed by atoms with Gasteiger partial charge in [0, 0.05) is 51.4 Å². The van der Waals surface area contributed by atoms with Gasteiger partial charge in [0.2, 0.25) is 5.91 Å². The summed E-state index contributed by atoms with van der Waals surface area (Å²) in [7, 11) is 4.93. The van der Waals surface area contributed by atoms with E-state index in [-0.39, 0.29) is 11.5 Å². The van der Waals surface area contributed by atoms with Crippen molar-refractivity contribution < 1.29 is 14.3 Å². The second-order valence-corrected chi connectivity index (χ2v) is 9.00. The third-order valence-electron chi connectivity index (χ3n) is 6.64. The summed E-state index contributed by atoms with van der Waals surface area (Å²) in [5.74, 6) is 1.07. The summed E-state index contributed by atoms with van der Waals surface area (Å²) in [6, 6.07) is 11.7. The van der Waals surface area contributed by atoms with Crippen molar-refractivity contribution in [2.24, 2.45) is 0 Å². The van der Waals surface area contributed by atoms with E-state index in [9.17, 15) is 9.59 Å². The molecule has 1 saturated heterocycles. The summed E-state index contributed by atoms with van der Waals surface area (Å²) in [6.45, 7) is 3.13. The Balaban J connectivity index is 1.38. The van der Waals surface area contributed by atoms with Gasteiger partial charge in [0.1, 0.15) is 0 Å². The number of aromatic nitrogens is 2. The molecule has 1 amide bonds. The Morgan fingerprint density at radius 2 is 1.77 bits per heavy atom. The first-order valence-electron chi connectivity index (χ1n) is 12.2. The van der Waals surface area contributed by atoms with Crippen LogP contribution in [0.1, 0.15) is 37.7 Å². The number of piperidine rings is 1. The summed E-state index contributed by atoms with van der Waals surface area (Å²) in [4.78, 5) is 34.4. The van der Waals surface area contributed by atoms with Crippen LogP contribution >= 0.6 is 0 Å². The van der Waals surface area contributed by atoms with Crippen LogP contribution in [0.15, 0.2) is 47.5 Å². The van der Waals surface area contributed by atoms with E-state index in [1.54, 1.807) is 28.7 Å². The van der Waals surface area contributed by atoms with Crippen LogP contribution in [-0.2, 0) is 17.9 Å². The second-order valence-electron chi connectivity index (χ2n) is 9.00. The fraction of sp³-hybridized carbons (Fsp3) is 0.444. The monoisotopic (exact) mass is 478 g/mol. The molecular formula is C27H34N4O4. The number of nitrogens with zero attached hydrogens (tertiary/aromatic N) is 4. The number of hydrogen-bond acceptors (Lipinski definition) is 6. The fourth-order valence-corrected chi connectivity index (χ4v) is 4.67. The van der Waals surface area contributed by atoms with Gasteiger partial charge in [-0.3, -0.25) is 14.2 Å². The molecule has 0 spiro atoms. The maximum Gasteiger partial charge on any atom is 0.261 e. The number of aryl methyl sites for hydroxylation is 1. The van der Waals surface area contributed by atoms with E-state index < -0.39 is 0 Å². The SMILES string of the molecule is COc1cc2ncn(CCCC(=O)N(C)Cc3ccccc3N3CCCCC3)c(=O)c2cc1OC. The van der Waals surface area contributed by atoms with Crippen molar-refractivity contribution in [1.29, 1.82) is 0 Å². The average Bonchev–Trinajstić information content (AvgIpc) is 2.90. The summed E-state index contributed by atoms with van der Waals surface area (Å²) in [6.07, 6.45) is 6.16. The number of ether oxygens (including phenoxy) is 2. The van der Waals surface area contributed by atoms with Crippen LogP contribution in [0.25, 0.3) is 10.9 Å². The fourth-order valence-electron chi connectivity index (χ4n) is 4.67. The highest BCUT2D eigenvalue weighted by molar-refractivity contribution is 5.81. The quantitative estimate of drug-likeness (QED) is 0.465. The Bertz CT molecular complexity index is 1230. The topological polar surface area (TPSA) is 76.9 Å². The molecule has 3 aromatic rings. The minimum atomic E-state index is -0.160. The molecule has 0 saturated carbocycles. The smallest absolute Gasteiger partial charge is 0.261 e. The van der Waals surface area contributed by atoms with E-state index in [1.807, 2.05) is 13.1 Å². The van der Waals surface area contributed by atoms with Gasteiger partial charge >= 0.3 is 0 Å². The summed E-state index contributed by atoms with van der Waals surface area (Å²) < 4.78 is 12.2. The van der Waals surface area contributed by atoms with Crippen LogP contribution in [-0.4, -0.2) is 54.7 Å². The van der Waals surface area contributed by atoms with E-state index in [2.05, 4.69) is 28.1 Å². The van der Waals surface area contributed by atoms with E-state index >= 15 is 0 Å². The van der Waals surface area contributed by atoms with Gasteiger partial charge in [-0.1, -0.05) is 18.2 Å². The first kappa shape index (κ1) is 24.6. The molecule has 4 rings (SSSR count). The lowest BCUT2D eigenvalue weighted by atomic mass is 10.1. The van der Waals surface area contributed by atoms with Gasteiger partial charge in [-0.2, -0.15) is 0 Å².